The smallest absolute Gasteiger partial charge is 0.243 e. The van der Waals surface area contributed by atoms with E-state index in [1.807, 2.05) is 13.8 Å². The van der Waals surface area contributed by atoms with Gasteiger partial charge in [0.05, 0.1) is 18.6 Å². The molecule has 0 aliphatic carbocycles. The molecule has 0 aliphatic rings. The van der Waals surface area contributed by atoms with Gasteiger partial charge in [0.15, 0.2) is 0 Å². The van der Waals surface area contributed by atoms with Crippen LogP contribution in [0.25, 0.3) is 0 Å². The number of aliphatic hydroxyl groups excluding tert-OH is 1. The molecule has 0 aromatic heterocycles. The van der Waals surface area contributed by atoms with Gasteiger partial charge in [-0.05, 0) is 44.0 Å². The number of ether oxygens (including phenoxy) is 1. The predicted molar refractivity (Wildman–Crippen MR) is 78.5 cm³/mol. The summed E-state index contributed by atoms with van der Waals surface area (Å²) in [6.07, 6.45) is 0.689. The molecule has 114 valence electrons. The number of sulfonamides is 1. The van der Waals surface area contributed by atoms with Crippen LogP contribution in [0.2, 0.25) is 0 Å². The molecule has 1 rings (SSSR count). The number of benzene rings is 1. The van der Waals surface area contributed by atoms with Crippen LogP contribution < -0.4 is 4.74 Å². The first kappa shape index (κ1) is 16.9. The van der Waals surface area contributed by atoms with Crippen LogP contribution in [0, 0.1) is 6.92 Å². The van der Waals surface area contributed by atoms with Crippen molar-refractivity contribution < 1.29 is 18.3 Å². The van der Waals surface area contributed by atoms with Crippen molar-refractivity contribution in [2.45, 2.75) is 38.1 Å². The lowest BCUT2D eigenvalue weighted by Gasteiger charge is -2.27. The lowest BCUT2D eigenvalue weighted by molar-refractivity contribution is 0.229. The Balaban J connectivity index is 3.26. The lowest BCUT2D eigenvalue weighted by atomic mass is 10.2. The van der Waals surface area contributed by atoms with Crippen molar-refractivity contribution in [3.63, 3.8) is 0 Å². The van der Waals surface area contributed by atoms with Gasteiger partial charge in [0.2, 0.25) is 10.0 Å². The zero-order valence-electron chi connectivity index (χ0n) is 12.5. The average Bonchev–Trinajstić information content (AvgIpc) is 2.43. The number of aryl methyl sites for hydroxylation is 1. The highest BCUT2D eigenvalue weighted by atomic mass is 32.2. The summed E-state index contributed by atoms with van der Waals surface area (Å²) in [6, 6.07) is 4.72. The van der Waals surface area contributed by atoms with Gasteiger partial charge >= 0.3 is 0 Å². The summed E-state index contributed by atoms with van der Waals surface area (Å²) in [5, 5.41) is 9.12. The van der Waals surface area contributed by atoms with Crippen molar-refractivity contribution in [1.29, 1.82) is 0 Å². The van der Waals surface area contributed by atoms with Crippen molar-refractivity contribution in [1.82, 2.24) is 4.31 Å². The summed E-state index contributed by atoms with van der Waals surface area (Å²) in [7, 11) is -2.07. The highest BCUT2D eigenvalue weighted by Crippen LogP contribution is 2.25. The van der Waals surface area contributed by atoms with E-state index in [4.69, 9.17) is 9.84 Å². The maximum Gasteiger partial charge on any atom is 0.243 e. The highest BCUT2D eigenvalue weighted by molar-refractivity contribution is 7.89. The standard InChI is InChI=1S/C14H23NO4S/c1-5-12(3)15(8-9-16)20(17,18)14-7-6-13(19-4)10-11(14)2/h6-7,10,12,16H,5,8-9H2,1-4H3/t12-/m1/s1. The molecular weight excluding hydrogens is 278 g/mol. The maximum absolute atomic E-state index is 12.7. The molecular formula is C14H23NO4S. The molecule has 0 unspecified atom stereocenters. The monoisotopic (exact) mass is 301 g/mol. The second-order valence-electron chi connectivity index (χ2n) is 4.73. The van der Waals surface area contributed by atoms with Crippen LogP contribution in [-0.4, -0.2) is 44.1 Å². The fraction of sp³-hybridized carbons (Fsp3) is 0.571. The normalized spacial score (nSPS) is 13.5. The minimum atomic E-state index is -3.61. The van der Waals surface area contributed by atoms with Crippen LogP contribution in [-0.2, 0) is 10.0 Å². The van der Waals surface area contributed by atoms with E-state index in [1.54, 1.807) is 32.2 Å². The number of hydrogen-bond acceptors (Lipinski definition) is 4. The lowest BCUT2D eigenvalue weighted by Crippen LogP contribution is -2.40. The topological polar surface area (TPSA) is 66.8 Å². The molecule has 0 amide bonds. The highest BCUT2D eigenvalue weighted by Gasteiger charge is 2.29. The van der Waals surface area contributed by atoms with E-state index in [0.29, 0.717) is 17.7 Å². The van der Waals surface area contributed by atoms with E-state index >= 15 is 0 Å². The van der Waals surface area contributed by atoms with Crippen LogP contribution in [0.4, 0.5) is 0 Å². The molecule has 0 saturated carbocycles. The number of rotatable bonds is 7. The van der Waals surface area contributed by atoms with Crippen LogP contribution in [0.15, 0.2) is 23.1 Å². The van der Waals surface area contributed by atoms with Gasteiger partial charge in [0.25, 0.3) is 0 Å². The number of nitrogens with zero attached hydrogens (tertiary/aromatic N) is 1. The van der Waals surface area contributed by atoms with E-state index in [2.05, 4.69) is 0 Å². The van der Waals surface area contributed by atoms with Gasteiger partial charge in [-0.2, -0.15) is 4.31 Å². The minimum Gasteiger partial charge on any atom is -0.497 e. The van der Waals surface area contributed by atoms with Crippen LogP contribution in [0.5, 0.6) is 5.75 Å². The molecule has 0 fully saturated rings. The van der Waals surface area contributed by atoms with Crippen molar-refractivity contribution in [2.24, 2.45) is 0 Å². The fourth-order valence-corrected chi connectivity index (χ4v) is 3.95. The summed E-state index contributed by atoms with van der Waals surface area (Å²) in [6.45, 7) is 5.40. The summed E-state index contributed by atoms with van der Waals surface area (Å²) < 4.78 is 31.9. The molecule has 1 atom stereocenters. The van der Waals surface area contributed by atoms with Gasteiger partial charge in [0, 0.05) is 12.6 Å². The zero-order chi connectivity index (χ0) is 15.3. The Hall–Kier alpha value is -1.11. The summed E-state index contributed by atoms with van der Waals surface area (Å²) >= 11 is 0. The Bertz CT molecular complexity index is 542. The first-order valence-electron chi connectivity index (χ1n) is 6.65. The first-order chi connectivity index (χ1) is 9.38. The van der Waals surface area contributed by atoms with Crippen LogP contribution in [0.1, 0.15) is 25.8 Å². The molecule has 0 bridgehead atoms. The van der Waals surface area contributed by atoms with Crippen molar-refractivity contribution >= 4 is 10.0 Å². The van der Waals surface area contributed by atoms with Crippen molar-refractivity contribution in [2.75, 3.05) is 20.3 Å². The molecule has 5 nitrogen and oxygen atoms in total. The third-order valence-electron chi connectivity index (χ3n) is 3.37. The maximum atomic E-state index is 12.7. The SMILES string of the molecule is CC[C@@H](C)N(CCO)S(=O)(=O)c1ccc(OC)cc1C. The van der Waals surface area contributed by atoms with E-state index in [0.717, 1.165) is 0 Å². The molecule has 0 aliphatic heterocycles. The molecule has 1 aromatic rings. The average molecular weight is 301 g/mol. The number of aliphatic hydroxyl groups is 1. The van der Waals surface area contributed by atoms with Gasteiger partial charge < -0.3 is 9.84 Å². The van der Waals surface area contributed by atoms with Gasteiger partial charge in [-0.3, -0.25) is 0 Å². The molecule has 0 radical (unpaired) electrons. The van der Waals surface area contributed by atoms with E-state index < -0.39 is 10.0 Å². The summed E-state index contributed by atoms with van der Waals surface area (Å²) in [4.78, 5) is 0.257. The van der Waals surface area contributed by atoms with Gasteiger partial charge in [-0.1, -0.05) is 6.92 Å². The van der Waals surface area contributed by atoms with Crippen LogP contribution >= 0.6 is 0 Å². The molecule has 1 aromatic carbocycles. The van der Waals surface area contributed by atoms with Crippen LogP contribution in [0.3, 0.4) is 0 Å². The van der Waals surface area contributed by atoms with E-state index in [9.17, 15) is 8.42 Å². The van der Waals surface area contributed by atoms with Gasteiger partial charge in [-0.15, -0.1) is 0 Å². The molecule has 0 spiro atoms. The Morgan fingerprint density at radius 2 is 2.05 bits per heavy atom. The minimum absolute atomic E-state index is 0.100. The first-order valence-corrected chi connectivity index (χ1v) is 8.09. The number of methoxy groups -OCH3 is 1. The Labute approximate surface area is 121 Å². The third-order valence-corrected chi connectivity index (χ3v) is 5.55. The molecule has 20 heavy (non-hydrogen) atoms. The van der Waals surface area contributed by atoms with Crippen molar-refractivity contribution in [3.05, 3.63) is 23.8 Å². The quantitative estimate of drug-likeness (QED) is 0.833. The predicted octanol–water partition coefficient (Wildman–Crippen LogP) is 1.79. The van der Waals surface area contributed by atoms with Crippen molar-refractivity contribution in [3.8, 4) is 5.75 Å². The Morgan fingerprint density at radius 3 is 2.50 bits per heavy atom. The summed E-state index contributed by atoms with van der Waals surface area (Å²) in [5.41, 5.74) is 0.635. The molecule has 1 N–H and O–H groups in total. The largest absolute Gasteiger partial charge is 0.497 e. The molecule has 0 saturated heterocycles. The summed E-state index contributed by atoms with van der Waals surface area (Å²) in [5.74, 6) is 0.624. The Kier molecular flexibility index (Phi) is 5.98. The second kappa shape index (κ2) is 7.06. The zero-order valence-corrected chi connectivity index (χ0v) is 13.3. The molecule has 0 heterocycles. The second-order valence-corrected chi connectivity index (χ2v) is 6.59. The van der Waals surface area contributed by atoms with E-state index in [-0.39, 0.29) is 24.1 Å². The van der Waals surface area contributed by atoms with Gasteiger partial charge in [0.1, 0.15) is 5.75 Å². The fourth-order valence-electron chi connectivity index (χ4n) is 2.04. The molecule has 6 heteroatoms. The van der Waals surface area contributed by atoms with Gasteiger partial charge in [-0.25, -0.2) is 8.42 Å². The third kappa shape index (κ3) is 3.50. The Morgan fingerprint density at radius 1 is 1.40 bits per heavy atom. The number of hydrogen-bond donors (Lipinski definition) is 1. The van der Waals surface area contributed by atoms with E-state index in [1.165, 1.54) is 4.31 Å².